The summed E-state index contributed by atoms with van der Waals surface area (Å²) in [5.74, 6) is 0.707. The maximum absolute atomic E-state index is 9.40. The summed E-state index contributed by atoms with van der Waals surface area (Å²) in [4.78, 5) is 2.33. The van der Waals surface area contributed by atoms with Gasteiger partial charge in [0.05, 0.1) is 6.61 Å². The van der Waals surface area contributed by atoms with Gasteiger partial charge >= 0.3 is 0 Å². The zero-order valence-corrected chi connectivity index (χ0v) is 7.71. The smallest absolute Gasteiger partial charge is 0.0515 e. The van der Waals surface area contributed by atoms with Crippen LogP contribution < -0.4 is 5.32 Å². The van der Waals surface area contributed by atoms with Crippen LogP contribution >= 0.6 is 0 Å². The summed E-state index contributed by atoms with van der Waals surface area (Å²) in [6.45, 7) is 4.69. The number of piperidine rings is 1. The van der Waals surface area contributed by atoms with Crippen molar-refractivity contribution in [2.75, 3.05) is 39.8 Å². The molecule has 0 saturated carbocycles. The Kier molecular flexibility index (Phi) is 2.10. The number of nitrogens with zero attached hydrogens (tertiary/aromatic N) is 1. The zero-order valence-electron chi connectivity index (χ0n) is 7.71. The van der Waals surface area contributed by atoms with Crippen molar-refractivity contribution in [3.63, 3.8) is 0 Å². The monoisotopic (exact) mass is 170 g/mol. The Balaban J connectivity index is 2.13. The fourth-order valence-electron chi connectivity index (χ4n) is 2.68. The maximum Gasteiger partial charge on any atom is 0.0515 e. The third-order valence-corrected chi connectivity index (χ3v) is 3.49. The first-order valence-corrected chi connectivity index (χ1v) is 4.77. The van der Waals surface area contributed by atoms with E-state index in [0.717, 1.165) is 19.6 Å². The molecule has 0 unspecified atom stereocenters. The van der Waals surface area contributed by atoms with Gasteiger partial charge in [-0.05, 0) is 32.5 Å². The standard InChI is InChI=1S/C9H18N2O/c1-11-3-2-8-4-10-5-9(8,6-11)7-12/h8,10,12H,2-7H2,1H3/t8-,9-/m1/s1. The molecule has 2 aliphatic rings. The zero-order chi connectivity index (χ0) is 8.60. The highest BCUT2D eigenvalue weighted by Crippen LogP contribution is 2.37. The van der Waals surface area contributed by atoms with Crippen molar-refractivity contribution in [3.8, 4) is 0 Å². The summed E-state index contributed by atoms with van der Waals surface area (Å²) in [5, 5.41) is 12.8. The van der Waals surface area contributed by atoms with Gasteiger partial charge in [0.15, 0.2) is 0 Å². The van der Waals surface area contributed by atoms with E-state index in [1.165, 1.54) is 13.0 Å². The Hall–Kier alpha value is -0.120. The van der Waals surface area contributed by atoms with Gasteiger partial charge in [0.2, 0.25) is 0 Å². The minimum atomic E-state index is 0.174. The van der Waals surface area contributed by atoms with Gasteiger partial charge < -0.3 is 15.3 Å². The summed E-state index contributed by atoms with van der Waals surface area (Å²) < 4.78 is 0. The van der Waals surface area contributed by atoms with Crippen molar-refractivity contribution in [2.24, 2.45) is 11.3 Å². The van der Waals surface area contributed by atoms with Crippen LogP contribution in [0.15, 0.2) is 0 Å². The van der Waals surface area contributed by atoms with E-state index in [2.05, 4.69) is 17.3 Å². The van der Waals surface area contributed by atoms with E-state index in [1.807, 2.05) is 0 Å². The van der Waals surface area contributed by atoms with Crippen LogP contribution in [-0.2, 0) is 0 Å². The number of rotatable bonds is 1. The molecule has 12 heavy (non-hydrogen) atoms. The fraction of sp³-hybridized carbons (Fsp3) is 1.00. The Morgan fingerprint density at radius 2 is 2.50 bits per heavy atom. The van der Waals surface area contributed by atoms with Gasteiger partial charge in [-0.25, -0.2) is 0 Å². The number of fused-ring (bicyclic) bond motifs is 1. The first-order valence-electron chi connectivity index (χ1n) is 4.77. The Bertz CT molecular complexity index is 174. The molecule has 2 atom stereocenters. The van der Waals surface area contributed by atoms with E-state index in [4.69, 9.17) is 0 Å². The normalized spacial score (nSPS) is 43.0. The van der Waals surface area contributed by atoms with E-state index < -0.39 is 0 Å². The van der Waals surface area contributed by atoms with Gasteiger partial charge in [-0.15, -0.1) is 0 Å². The number of nitrogens with one attached hydrogen (secondary N) is 1. The van der Waals surface area contributed by atoms with Gasteiger partial charge in [-0.2, -0.15) is 0 Å². The molecule has 70 valence electrons. The number of aliphatic hydroxyl groups is 1. The van der Waals surface area contributed by atoms with E-state index >= 15 is 0 Å². The lowest BCUT2D eigenvalue weighted by Crippen LogP contribution is -2.49. The molecule has 2 N–H and O–H groups in total. The minimum absolute atomic E-state index is 0.174. The van der Waals surface area contributed by atoms with Gasteiger partial charge in [-0.3, -0.25) is 0 Å². The first-order chi connectivity index (χ1) is 5.77. The average molecular weight is 170 g/mol. The van der Waals surface area contributed by atoms with Crippen LogP contribution in [0.2, 0.25) is 0 Å². The number of hydrogen-bond donors (Lipinski definition) is 2. The summed E-state index contributed by atoms with van der Waals surface area (Å²) in [6, 6.07) is 0. The van der Waals surface area contributed by atoms with Crippen LogP contribution in [0.3, 0.4) is 0 Å². The number of aliphatic hydroxyl groups excluding tert-OH is 1. The van der Waals surface area contributed by atoms with Crippen molar-refractivity contribution in [1.82, 2.24) is 10.2 Å². The quantitative estimate of drug-likeness (QED) is 0.558. The first kappa shape index (κ1) is 8.48. The van der Waals surface area contributed by atoms with E-state index in [0.29, 0.717) is 12.5 Å². The van der Waals surface area contributed by atoms with E-state index in [-0.39, 0.29) is 5.41 Å². The Labute approximate surface area is 73.8 Å². The second kappa shape index (κ2) is 2.98. The van der Waals surface area contributed by atoms with Crippen LogP contribution in [0.5, 0.6) is 0 Å². The number of likely N-dealkylation sites (tertiary alicyclic amines) is 1. The summed E-state index contributed by atoms with van der Waals surface area (Å²) >= 11 is 0. The van der Waals surface area contributed by atoms with Crippen LogP contribution in [0, 0.1) is 11.3 Å². The van der Waals surface area contributed by atoms with Crippen molar-refractivity contribution < 1.29 is 5.11 Å². The Morgan fingerprint density at radius 3 is 3.25 bits per heavy atom. The SMILES string of the molecule is CN1CC[C@@H]2CNC[C@]2(CO)C1. The Morgan fingerprint density at radius 1 is 1.67 bits per heavy atom. The van der Waals surface area contributed by atoms with Crippen molar-refractivity contribution in [3.05, 3.63) is 0 Å². The van der Waals surface area contributed by atoms with Gasteiger partial charge in [-0.1, -0.05) is 0 Å². The topological polar surface area (TPSA) is 35.5 Å². The van der Waals surface area contributed by atoms with Crippen LogP contribution in [0.1, 0.15) is 6.42 Å². The van der Waals surface area contributed by atoms with E-state index in [1.54, 1.807) is 0 Å². The molecule has 2 fully saturated rings. The molecule has 0 aliphatic carbocycles. The molecule has 0 aromatic heterocycles. The highest BCUT2D eigenvalue weighted by molar-refractivity contribution is 4.99. The molecule has 0 aromatic rings. The lowest BCUT2D eigenvalue weighted by molar-refractivity contribution is 0.0241. The molecule has 0 amide bonds. The summed E-state index contributed by atoms with van der Waals surface area (Å²) in [5.41, 5.74) is 0.174. The fourth-order valence-corrected chi connectivity index (χ4v) is 2.68. The molecule has 2 heterocycles. The van der Waals surface area contributed by atoms with Gasteiger partial charge in [0.1, 0.15) is 0 Å². The summed E-state index contributed by atoms with van der Waals surface area (Å²) in [7, 11) is 2.14. The molecule has 2 aliphatic heterocycles. The molecule has 2 rings (SSSR count). The predicted octanol–water partition coefficient (Wildman–Crippen LogP) is -0.480. The molecule has 3 heteroatoms. The lowest BCUT2D eigenvalue weighted by atomic mass is 9.74. The van der Waals surface area contributed by atoms with E-state index in [9.17, 15) is 5.11 Å². The highest BCUT2D eigenvalue weighted by atomic mass is 16.3. The molecule has 3 nitrogen and oxygen atoms in total. The minimum Gasteiger partial charge on any atom is -0.396 e. The predicted molar refractivity (Wildman–Crippen MR) is 48.0 cm³/mol. The van der Waals surface area contributed by atoms with Crippen molar-refractivity contribution in [1.29, 1.82) is 0 Å². The average Bonchev–Trinajstić information content (AvgIpc) is 2.47. The third-order valence-electron chi connectivity index (χ3n) is 3.49. The second-order valence-electron chi connectivity index (χ2n) is 4.37. The number of hydrogen-bond acceptors (Lipinski definition) is 3. The molecular formula is C9H18N2O. The summed E-state index contributed by atoms with van der Waals surface area (Å²) in [6.07, 6.45) is 1.24. The van der Waals surface area contributed by atoms with Gasteiger partial charge in [0, 0.05) is 18.5 Å². The van der Waals surface area contributed by atoms with Crippen LogP contribution in [0.25, 0.3) is 0 Å². The van der Waals surface area contributed by atoms with Crippen LogP contribution in [0.4, 0.5) is 0 Å². The van der Waals surface area contributed by atoms with Gasteiger partial charge in [0.25, 0.3) is 0 Å². The second-order valence-corrected chi connectivity index (χ2v) is 4.37. The molecule has 2 saturated heterocycles. The molecule has 0 radical (unpaired) electrons. The van der Waals surface area contributed by atoms with Crippen LogP contribution in [-0.4, -0.2) is 49.8 Å². The van der Waals surface area contributed by atoms with Crippen molar-refractivity contribution >= 4 is 0 Å². The molecule has 0 bridgehead atoms. The molecule has 0 aromatic carbocycles. The highest BCUT2D eigenvalue weighted by Gasteiger charge is 2.45. The van der Waals surface area contributed by atoms with Crippen molar-refractivity contribution in [2.45, 2.75) is 6.42 Å². The largest absolute Gasteiger partial charge is 0.396 e. The molecule has 0 spiro atoms. The lowest BCUT2D eigenvalue weighted by Gasteiger charge is -2.41. The maximum atomic E-state index is 9.40. The third kappa shape index (κ3) is 1.16. The molecular weight excluding hydrogens is 152 g/mol.